The van der Waals surface area contributed by atoms with E-state index in [4.69, 9.17) is 0 Å². The maximum atomic E-state index is 4.49. The third-order valence-corrected chi connectivity index (χ3v) is 2.97. The van der Waals surface area contributed by atoms with Gasteiger partial charge in [0, 0.05) is 20.0 Å². The molecule has 1 aliphatic rings. The summed E-state index contributed by atoms with van der Waals surface area (Å²) in [7, 11) is 3.82. The van der Waals surface area contributed by atoms with Gasteiger partial charge in [0.05, 0.1) is 0 Å². The van der Waals surface area contributed by atoms with E-state index in [2.05, 4.69) is 15.4 Å². The summed E-state index contributed by atoms with van der Waals surface area (Å²) in [5.74, 6) is 2.49. The van der Waals surface area contributed by atoms with Crippen LogP contribution in [0.5, 0.6) is 0 Å². The average molecular weight is 194 g/mol. The second-order valence-electron chi connectivity index (χ2n) is 4.00. The van der Waals surface area contributed by atoms with Gasteiger partial charge in [0.25, 0.3) is 0 Å². The zero-order valence-electron chi connectivity index (χ0n) is 8.95. The monoisotopic (exact) mass is 194 g/mol. The Balaban J connectivity index is 2.14. The van der Waals surface area contributed by atoms with E-state index >= 15 is 0 Å². The Kier molecular flexibility index (Phi) is 2.70. The van der Waals surface area contributed by atoms with Crippen molar-refractivity contribution in [2.45, 2.75) is 38.0 Å². The van der Waals surface area contributed by atoms with Crippen molar-refractivity contribution in [3.8, 4) is 0 Å². The Morgan fingerprint density at radius 1 is 1.29 bits per heavy atom. The van der Waals surface area contributed by atoms with Crippen LogP contribution in [0, 0.1) is 0 Å². The number of aromatic nitrogens is 3. The fourth-order valence-electron chi connectivity index (χ4n) is 2.16. The summed E-state index contributed by atoms with van der Waals surface area (Å²) >= 11 is 0. The molecule has 2 rings (SSSR count). The molecule has 0 aromatic carbocycles. The van der Waals surface area contributed by atoms with Gasteiger partial charge in [-0.3, -0.25) is 0 Å². The first-order valence-corrected chi connectivity index (χ1v) is 5.40. The van der Waals surface area contributed by atoms with E-state index < -0.39 is 0 Å². The maximum absolute atomic E-state index is 4.49. The summed E-state index contributed by atoms with van der Waals surface area (Å²) in [6, 6.07) is 0. The summed E-state index contributed by atoms with van der Waals surface area (Å²) in [6.07, 6.45) is 6.55. The Labute approximate surface area is 84.7 Å². The molecular weight excluding hydrogens is 176 g/mol. The zero-order valence-corrected chi connectivity index (χ0v) is 8.95. The normalized spacial score (nSPS) is 18.4. The minimum atomic E-state index is 0.594. The molecule has 0 spiro atoms. The predicted molar refractivity (Wildman–Crippen MR) is 56.4 cm³/mol. The lowest BCUT2D eigenvalue weighted by Gasteiger charge is -2.17. The van der Waals surface area contributed by atoms with Gasteiger partial charge >= 0.3 is 0 Å². The standard InChI is InChI=1S/C10H18N4/c1-11-10-12-9(13-14(10)2)8-6-4-3-5-7-8/h8H,3-7H2,1-2H3,(H,11,12,13). The van der Waals surface area contributed by atoms with E-state index in [1.54, 1.807) is 0 Å². The van der Waals surface area contributed by atoms with Crippen molar-refractivity contribution in [2.24, 2.45) is 7.05 Å². The smallest absolute Gasteiger partial charge is 0.220 e. The Bertz CT molecular complexity index is 299. The first-order valence-electron chi connectivity index (χ1n) is 5.40. The van der Waals surface area contributed by atoms with Crippen LogP contribution in [0.2, 0.25) is 0 Å². The summed E-state index contributed by atoms with van der Waals surface area (Å²) in [5, 5.41) is 7.49. The third kappa shape index (κ3) is 1.74. The molecule has 1 aromatic rings. The molecule has 1 aliphatic carbocycles. The minimum Gasteiger partial charge on any atom is -0.358 e. The van der Waals surface area contributed by atoms with Crippen molar-refractivity contribution in [3.63, 3.8) is 0 Å². The molecule has 0 saturated heterocycles. The summed E-state index contributed by atoms with van der Waals surface area (Å²) in [5.41, 5.74) is 0. The number of rotatable bonds is 2. The van der Waals surface area contributed by atoms with Crippen molar-refractivity contribution in [3.05, 3.63) is 5.82 Å². The Hall–Kier alpha value is -1.06. The van der Waals surface area contributed by atoms with Gasteiger partial charge in [0.2, 0.25) is 5.95 Å². The molecule has 14 heavy (non-hydrogen) atoms. The second-order valence-corrected chi connectivity index (χ2v) is 4.00. The molecule has 4 nitrogen and oxygen atoms in total. The summed E-state index contributed by atoms with van der Waals surface area (Å²) < 4.78 is 1.82. The van der Waals surface area contributed by atoms with Gasteiger partial charge in [-0.2, -0.15) is 10.1 Å². The van der Waals surface area contributed by atoms with E-state index in [0.29, 0.717) is 5.92 Å². The number of nitrogens with zero attached hydrogens (tertiary/aromatic N) is 3. The van der Waals surface area contributed by atoms with Crippen molar-refractivity contribution in [2.75, 3.05) is 12.4 Å². The van der Waals surface area contributed by atoms with Crippen LogP contribution >= 0.6 is 0 Å². The molecule has 0 atom stereocenters. The van der Waals surface area contributed by atoms with Crippen LogP contribution in [-0.2, 0) is 7.05 Å². The lowest BCUT2D eigenvalue weighted by molar-refractivity contribution is 0.427. The first-order chi connectivity index (χ1) is 6.81. The number of anilines is 1. The highest BCUT2D eigenvalue weighted by Gasteiger charge is 2.20. The highest BCUT2D eigenvalue weighted by molar-refractivity contribution is 5.24. The van der Waals surface area contributed by atoms with Gasteiger partial charge in [-0.1, -0.05) is 19.3 Å². The second kappa shape index (κ2) is 3.98. The van der Waals surface area contributed by atoms with Crippen molar-refractivity contribution < 1.29 is 0 Å². The van der Waals surface area contributed by atoms with E-state index in [-0.39, 0.29) is 0 Å². The van der Waals surface area contributed by atoms with Gasteiger partial charge in [0.1, 0.15) is 0 Å². The highest BCUT2D eigenvalue weighted by Crippen LogP contribution is 2.30. The van der Waals surface area contributed by atoms with Crippen LogP contribution < -0.4 is 5.32 Å². The molecule has 1 heterocycles. The Morgan fingerprint density at radius 3 is 2.57 bits per heavy atom. The van der Waals surface area contributed by atoms with Crippen LogP contribution in [0.25, 0.3) is 0 Å². The molecular formula is C10H18N4. The van der Waals surface area contributed by atoms with Crippen molar-refractivity contribution in [1.82, 2.24) is 14.8 Å². The number of hydrogen-bond acceptors (Lipinski definition) is 3. The molecule has 78 valence electrons. The quantitative estimate of drug-likeness (QED) is 0.782. The molecule has 1 N–H and O–H groups in total. The van der Waals surface area contributed by atoms with Crippen LogP contribution in [-0.4, -0.2) is 21.8 Å². The Morgan fingerprint density at radius 2 is 2.00 bits per heavy atom. The fraction of sp³-hybridized carbons (Fsp3) is 0.800. The van der Waals surface area contributed by atoms with Gasteiger partial charge in [-0.15, -0.1) is 0 Å². The highest BCUT2D eigenvalue weighted by atomic mass is 15.4. The van der Waals surface area contributed by atoms with Crippen LogP contribution in [0.15, 0.2) is 0 Å². The van der Waals surface area contributed by atoms with E-state index in [1.807, 2.05) is 18.8 Å². The SMILES string of the molecule is CNc1nc(C2CCCCC2)nn1C. The molecule has 1 aromatic heterocycles. The number of hydrogen-bond donors (Lipinski definition) is 1. The lowest BCUT2D eigenvalue weighted by atomic mass is 9.89. The van der Waals surface area contributed by atoms with Gasteiger partial charge in [-0.25, -0.2) is 4.68 Å². The largest absolute Gasteiger partial charge is 0.358 e. The topological polar surface area (TPSA) is 42.7 Å². The van der Waals surface area contributed by atoms with Crippen molar-refractivity contribution >= 4 is 5.95 Å². The molecule has 0 radical (unpaired) electrons. The van der Waals surface area contributed by atoms with E-state index in [0.717, 1.165) is 11.8 Å². The molecule has 0 bridgehead atoms. The van der Waals surface area contributed by atoms with Gasteiger partial charge in [0.15, 0.2) is 5.82 Å². The molecule has 4 heteroatoms. The molecule has 1 saturated carbocycles. The summed E-state index contributed by atoms with van der Waals surface area (Å²) in [6.45, 7) is 0. The van der Waals surface area contributed by atoms with Crippen molar-refractivity contribution in [1.29, 1.82) is 0 Å². The molecule has 0 aliphatic heterocycles. The van der Waals surface area contributed by atoms with Gasteiger partial charge in [-0.05, 0) is 12.8 Å². The first kappa shape index (κ1) is 9.49. The van der Waals surface area contributed by atoms with E-state index in [1.165, 1.54) is 32.1 Å². The molecule has 1 fully saturated rings. The van der Waals surface area contributed by atoms with Crippen LogP contribution in [0.3, 0.4) is 0 Å². The molecule has 0 unspecified atom stereocenters. The minimum absolute atomic E-state index is 0.594. The van der Waals surface area contributed by atoms with Crippen LogP contribution in [0.1, 0.15) is 43.8 Å². The lowest BCUT2D eigenvalue weighted by Crippen LogP contribution is -2.06. The summed E-state index contributed by atoms with van der Waals surface area (Å²) in [4.78, 5) is 4.49. The predicted octanol–water partition coefficient (Wildman–Crippen LogP) is 1.90. The zero-order chi connectivity index (χ0) is 9.97. The third-order valence-electron chi connectivity index (χ3n) is 2.97. The maximum Gasteiger partial charge on any atom is 0.220 e. The fourth-order valence-corrected chi connectivity index (χ4v) is 2.16. The number of nitrogens with one attached hydrogen (secondary N) is 1. The van der Waals surface area contributed by atoms with Gasteiger partial charge < -0.3 is 5.32 Å². The number of aryl methyl sites for hydroxylation is 1. The van der Waals surface area contributed by atoms with Crippen LogP contribution in [0.4, 0.5) is 5.95 Å². The molecule has 0 amide bonds. The average Bonchev–Trinajstić information content (AvgIpc) is 2.61. The van der Waals surface area contributed by atoms with E-state index in [9.17, 15) is 0 Å².